The first-order valence-corrected chi connectivity index (χ1v) is 12.4. The summed E-state index contributed by atoms with van der Waals surface area (Å²) >= 11 is 13.0. The van der Waals surface area contributed by atoms with Crippen LogP contribution in [0.25, 0.3) is 0 Å². The van der Waals surface area contributed by atoms with Gasteiger partial charge >= 0.3 is 0 Å². The fourth-order valence-electron chi connectivity index (χ4n) is 4.65. The van der Waals surface area contributed by atoms with Crippen LogP contribution in [-0.2, 0) is 0 Å². The van der Waals surface area contributed by atoms with Gasteiger partial charge in [-0.05, 0) is 61.7 Å². The highest BCUT2D eigenvalue weighted by Gasteiger charge is 2.33. The van der Waals surface area contributed by atoms with E-state index >= 15 is 0 Å². The van der Waals surface area contributed by atoms with Gasteiger partial charge in [0.1, 0.15) is 6.61 Å². The first kappa shape index (κ1) is 23.7. The minimum absolute atomic E-state index is 0.162. The van der Waals surface area contributed by atoms with E-state index < -0.39 is 6.04 Å². The van der Waals surface area contributed by atoms with Crippen molar-refractivity contribution in [1.82, 2.24) is 4.98 Å². The zero-order chi connectivity index (χ0) is 24.4. The Balaban J connectivity index is 1.43. The van der Waals surface area contributed by atoms with Crippen molar-refractivity contribution in [3.8, 4) is 5.75 Å². The van der Waals surface area contributed by atoms with E-state index in [0.29, 0.717) is 38.6 Å². The minimum Gasteiger partial charge on any atom is -0.488 e. The number of piperidine rings is 1. The van der Waals surface area contributed by atoms with Crippen LogP contribution in [0, 0.1) is 0 Å². The standard InChI is InChI=1S/C26H26Cl2N4O3/c27-20-7-5-11-29-25(20)32-18(15-33)16-35-24-19(6-4-8-23(24)32)26(34)30-17-9-10-22(21(28)14-17)31-12-2-1-3-13-31/h4-11,14,18,33H,1-3,12-13,15-16H2,(H,30,34). The molecule has 3 aromatic rings. The second-order valence-corrected chi connectivity index (χ2v) is 9.46. The fraction of sp³-hybridized carbons (Fsp3) is 0.308. The van der Waals surface area contributed by atoms with Crippen molar-refractivity contribution in [1.29, 1.82) is 0 Å². The van der Waals surface area contributed by atoms with Crippen molar-refractivity contribution in [2.45, 2.75) is 25.3 Å². The van der Waals surface area contributed by atoms with E-state index in [1.54, 1.807) is 36.5 Å². The maximum Gasteiger partial charge on any atom is 0.259 e. The third-order valence-corrected chi connectivity index (χ3v) is 6.96. The predicted molar refractivity (Wildman–Crippen MR) is 140 cm³/mol. The largest absolute Gasteiger partial charge is 0.488 e. The van der Waals surface area contributed by atoms with Crippen LogP contribution in [0.4, 0.5) is 22.9 Å². The molecule has 182 valence electrons. The van der Waals surface area contributed by atoms with Crippen molar-refractivity contribution in [3.63, 3.8) is 0 Å². The number of fused-ring (bicyclic) bond motifs is 1. The summed E-state index contributed by atoms with van der Waals surface area (Å²) in [5.74, 6) is 0.584. The lowest BCUT2D eigenvalue weighted by Crippen LogP contribution is -2.43. The number of carbonyl (C=O) groups is 1. The number of para-hydroxylation sites is 1. The number of hydrogen-bond acceptors (Lipinski definition) is 6. The molecule has 1 aromatic heterocycles. The van der Waals surface area contributed by atoms with Gasteiger partial charge in [0.15, 0.2) is 11.6 Å². The highest BCUT2D eigenvalue weighted by Crippen LogP contribution is 2.42. The maximum atomic E-state index is 13.3. The summed E-state index contributed by atoms with van der Waals surface area (Å²) in [4.78, 5) is 21.8. The third-order valence-electron chi connectivity index (χ3n) is 6.36. The van der Waals surface area contributed by atoms with Crippen LogP contribution >= 0.6 is 23.2 Å². The molecule has 35 heavy (non-hydrogen) atoms. The van der Waals surface area contributed by atoms with Gasteiger partial charge in [-0.3, -0.25) is 4.79 Å². The zero-order valence-corrected chi connectivity index (χ0v) is 20.6. The monoisotopic (exact) mass is 512 g/mol. The van der Waals surface area contributed by atoms with Crippen LogP contribution in [0.2, 0.25) is 10.0 Å². The molecule has 1 atom stereocenters. The number of aromatic nitrogens is 1. The summed E-state index contributed by atoms with van der Waals surface area (Å²) in [6, 6.07) is 14.0. The maximum absolute atomic E-state index is 13.3. The van der Waals surface area contributed by atoms with E-state index in [0.717, 1.165) is 31.6 Å². The molecule has 2 aliphatic rings. The Hall–Kier alpha value is -3.00. The van der Waals surface area contributed by atoms with Crippen molar-refractivity contribution in [3.05, 3.63) is 70.3 Å². The molecule has 2 N–H and O–H groups in total. The fourth-order valence-corrected chi connectivity index (χ4v) is 5.16. The number of amides is 1. The molecule has 7 nitrogen and oxygen atoms in total. The number of pyridine rings is 1. The molecule has 0 spiro atoms. The molecule has 0 radical (unpaired) electrons. The van der Waals surface area contributed by atoms with Crippen LogP contribution < -0.4 is 19.9 Å². The molecule has 5 rings (SSSR count). The summed E-state index contributed by atoms with van der Waals surface area (Å²) in [6.45, 7) is 2.00. The smallest absolute Gasteiger partial charge is 0.259 e. The molecule has 1 saturated heterocycles. The number of nitrogens with zero attached hydrogens (tertiary/aromatic N) is 3. The second kappa shape index (κ2) is 10.3. The topological polar surface area (TPSA) is 77.9 Å². The Morgan fingerprint density at radius 1 is 1.06 bits per heavy atom. The second-order valence-electron chi connectivity index (χ2n) is 8.65. The van der Waals surface area contributed by atoms with Crippen LogP contribution in [0.1, 0.15) is 29.6 Å². The summed E-state index contributed by atoms with van der Waals surface area (Å²) in [7, 11) is 0. The van der Waals surface area contributed by atoms with Crippen molar-refractivity contribution in [2.24, 2.45) is 0 Å². The van der Waals surface area contributed by atoms with Crippen molar-refractivity contribution in [2.75, 3.05) is 41.4 Å². The predicted octanol–water partition coefficient (Wildman–Crippen LogP) is 5.52. The number of carbonyl (C=O) groups excluding carboxylic acids is 1. The van der Waals surface area contributed by atoms with E-state index in [2.05, 4.69) is 15.2 Å². The third kappa shape index (κ3) is 4.76. The average molecular weight is 513 g/mol. The average Bonchev–Trinajstić information content (AvgIpc) is 2.88. The highest BCUT2D eigenvalue weighted by atomic mass is 35.5. The molecule has 0 saturated carbocycles. The molecular weight excluding hydrogens is 487 g/mol. The van der Waals surface area contributed by atoms with E-state index in [9.17, 15) is 9.90 Å². The van der Waals surface area contributed by atoms with Gasteiger partial charge in [-0.2, -0.15) is 0 Å². The number of aliphatic hydroxyl groups excluding tert-OH is 1. The number of rotatable bonds is 5. The van der Waals surface area contributed by atoms with Gasteiger partial charge in [-0.15, -0.1) is 0 Å². The van der Waals surface area contributed by atoms with Gasteiger partial charge in [0.05, 0.1) is 39.6 Å². The molecule has 2 aliphatic heterocycles. The number of anilines is 4. The van der Waals surface area contributed by atoms with E-state index in [1.807, 2.05) is 23.1 Å². The van der Waals surface area contributed by atoms with Crippen LogP contribution in [0.15, 0.2) is 54.7 Å². The molecular formula is C26H26Cl2N4O3. The molecule has 1 amide bonds. The lowest BCUT2D eigenvalue weighted by molar-refractivity contribution is 0.102. The molecule has 0 aliphatic carbocycles. The number of nitrogens with one attached hydrogen (secondary N) is 1. The SMILES string of the molecule is O=C(Nc1ccc(N2CCCCC2)c(Cl)c1)c1cccc2c1OCC(CO)N2c1ncccc1Cl. The van der Waals surface area contributed by atoms with Gasteiger partial charge in [0.25, 0.3) is 5.91 Å². The van der Waals surface area contributed by atoms with E-state index in [-0.39, 0.29) is 19.1 Å². The van der Waals surface area contributed by atoms with Gasteiger partial charge < -0.3 is 25.0 Å². The summed E-state index contributed by atoms with van der Waals surface area (Å²) < 4.78 is 5.96. The minimum atomic E-state index is -0.394. The highest BCUT2D eigenvalue weighted by molar-refractivity contribution is 6.34. The Labute approximate surface area is 214 Å². The van der Waals surface area contributed by atoms with Gasteiger partial charge in [0.2, 0.25) is 0 Å². The van der Waals surface area contributed by atoms with Crippen molar-refractivity contribution < 1.29 is 14.6 Å². The summed E-state index contributed by atoms with van der Waals surface area (Å²) in [6.07, 6.45) is 5.20. The normalized spacial score (nSPS) is 17.5. The van der Waals surface area contributed by atoms with Crippen molar-refractivity contribution >= 4 is 52.0 Å². The molecule has 2 aromatic carbocycles. The van der Waals surface area contributed by atoms with E-state index in [4.69, 9.17) is 27.9 Å². The van der Waals surface area contributed by atoms with Crippen LogP contribution in [0.5, 0.6) is 5.75 Å². The molecule has 0 bridgehead atoms. The molecule has 1 fully saturated rings. The quantitative estimate of drug-likeness (QED) is 0.468. The van der Waals surface area contributed by atoms with Crippen LogP contribution in [0.3, 0.4) is 0 Å². The number of halogens is 2. The summed E-state index contributed by atoms with van der Waals surface area (Å²) in [5, 5.41) is 14.0. The Bertz CT molecular complexity index is 1230. The molecule has 3 heterocycles. The lowest BCUT2D eigenvalue weighted by Gasteiger charge is -2.37. The Morgan fingerprint density at radius 3 is 2.63 bits per heavy atom. The number of benzene rings is 2. The van der Waals surface area contributed by atoms with Gasteiger partial charge in [-0.25, -0.2) is 4.98 Å². The zero-order valence-electron chi connectivity index (χ0n) is 19.1. The van der Waals surface area contributed by atoms with Gasteiger partial charge in [-0.1, -0.05) is 29.3 Å². The number of aliphatic hydroxyl groups is 1. The van der Waals surface area contributed by atoms with Crippen LogP contribution in [-0.4, -0.2) is 48.3 Å². The molecule has 9 heteroatoms. The van der Waals surface area contributed by atoms with Gasteiger partial charge in [0, 0.05) is 25.0 Å². The number of hydrogen-bond donors (Lipinski definition) is 2. The molecule has 1 unspecified atom stereocenters. The number of ether oxygens (including phenoxy) is 1. The lowest BCUT2D eigenvalue weighted by atomic mass is 10.1. The first-order valence-electron chi connectivity index (χ1n) is 11.7. The Morgan fingerprint density at radius 2 is 1.89 bits per heavy atom. The Kier molecular flexibility index (Phi) is 7.00. The first-order chi connectivity index (χ1) is 17.1. The summed E-state index contributed by atoms with van der Waals surface area (Å²) in [5.41, 5.74) is 2.57. The van der Waals surface area contributed by atoms with E-state index in [1.165, 1.54) is 6.42 Å².